The maximum atomic E-state index is 11.3. The van der Waals surface area contributed by atoms with Gasteiger partial charge in [-0.2, -0.15) is 0 Å². The second-order valence-electron chi connectivity index (χ2n) is 4.91. The Morgan fingerprint density at radius 3 is 2.81 bits per heavy atom. The molecule has 0 spiro atoms. The first-order valence-corrected chi connectivity index (χ1v) is 6.69. The van der Waals surface area contributed by atoms with Crippen LogP contribution in [0.25, 0.3) is 0 Å². The van der Waals surface area contributed by atoms with Crippen LogP contribution in [-0.2, 0) is 11.2 Å². The highest BCUT2D eigenvalue weighted by Crippen LogP contribution is 2.28. The molecule has 1 aromatic heterocycles. The van der Waals surface area contributed by atoms with Crippen LogP contribution < -0.4 is 10.1 Å². The van der Waals surface area contributed by atoms with Crippen LogP contribution in [0.1, 0.15) is 29.3 Å². The minimum Gasteiger partial charge on any atom is -0.439 e. The van der Waals surface area contributed by atoms with Gasteiger partial charge in [0, 0.05) is 29.9 Å². The molecule has 0 unspecified atom stereocenters. The monoisotopic (exact) mass is 282 g/mol. The third-order valence-electron chi connectivity index (χ3n) is 3.34. The zero-order chi connectivity index (χ0) is 14.8. The van der Waals surface area contributed by atoms with E-state index in [1.165, 1.54) is 13.1 Å². The van der Waals surface area contributed by atoms with Crippen LogP contribution in [0.4, 0.5) is 5.69 Å². The predicted molar refractivity (Wildman–Crippen MR) is 77.7 cm³/mol. The predicted octanol–water partition coefficient (Wildman–Crippen LogP) is 2.96. The first-order valence-electron chi connectivity index (χ1n) is 6.69. The number of benzene rings is 1. The Hall–Kier alpha value is -2.69. The van der Waals surface area contributed by atoms with E-state index in [1.54, 1.807) is 18.2 Å². The highest BCUT2D eigenvalue weighted by atomic mass is 16.5. The van der Waals surface area contributed by atoms with Crippen LogP contribution in [0.2, 0.25) is 0 Å². The van der Waals surface area contributed by atoms with E-state index in [1.807, 2.05) is 12.1 Å². The lowest BCUT2D eigenvalue weighted by Crippen LogP contribution is -2.18. The molecule has 5 nitrogen and oxygen atoms in total. The van der Waals surface area contributed by atoms with Crippen molar-refractivity contribution in [2.45, 2.75) is 19.8 Å². The second-order valence-corrected chi connectivity index (χ2v) is 4.91. The number of fused-ring (bicyclic) bond motifs is 1. The summed E-state index contributed by atoms with van der Waals surface area (Å²) in [6, 6.07) is 8.85. The molecule has 1 aliphatic heterocycles. The van der Waals surface area contributed by atoms with Gasteiger partial charge in [0.05, 0.1) is 0 Å². The molecule has 106 valence electrons. The number of nitrogens with one attached hydrogen (secondary N) is 1. The molecule has 1 aliphatic rings. The largest absolute Gasteiger partial charge is 0.439 e. The fraction of sp³-hybridized carbons (Fsp3) is 0.188. The van der Waals surface area contributed by atoms with Crippen LogP contribution >= 0.6 is 0 Å². The number of ether oxygens (including phenoxy) is 1. The molecular weight excluding hydrogens is 268 g/mol. The first kappa shape index (κ1) is 13.3. The lowest BCUT2D eigenvalue weighted by molar-refractivity contribution is -0.116. The van der Waals surface area contributed by atoms with Crippen molar-refractivity contribution < 1.29 is 14.3 Å². The number of carbonyl (C=O) groups excluding carboxylic acids is 2. The van der Waals surface area contributed by atoms with Crippen LogP contribution in [0.15, 0.2) is 36.5 Å². The minimum absolute atomic E-state index is 0.0291. The number of ketones is 1. The molecule has 2 aromatic rings. The lowest BCUT2D eigenvalue weighted by atomic mass is 10.0. The van der Waals surface area contributed by atoms with Crippen LogP contribution in [0.5, 0.6) is 11.6 Å². The van der Waals surface area contributed by atoms with Gasteiger partial charge in [-0.15, -0.1) is 0 Å². The number of Topliss-reactive ketones (excluding diaryl/α,β-unsaturated/α-hetero) is 1. The van der Waals surface area contributed by atoms with E-state index in [9.17, 15) is 9.59 Å². The molecule has 0 bridgehead atoms. The van der Waals surface area contributed by atoms with Crippen molar-refractivity contribution in [1.82, 2.24) is 4.98 Å². The van der Waals surface area contributed by atoms with E-state index in [0.717, 1.165) is 11.3 Å². The Kier molecular flexibility index (Phi) is 3.39. The molecule has 21 heavy (non-hydrogen) atoms. The van der Waals surface area contributed by atoms with Crippen molar-refractivity contribution in [2.24, 2.45) is 0 Å². The number of hydrogen-bond donors (Lipinski definition) is 1. The average molecular weight is 282 g/mol. The van der Waals surface area contributed by atoms with Crippen molar-refractivity contribution in [3.8, 4) is 11.6 Å². The van der Waals surface area contributed by atoms with Crippen molar-refractivity contribution in [1.29, 1.82) is 0 Å². The van der Waals surface area contributed by atoms with Gasteiger partial charge in [0.1, 0.15) is 5.75 Å². The van der Waals surface area contributed by atoms with E-state index in [-0.39, 0.29) is 11.7 Å². The number of hydrogen-bond acceptors (Lipinski definition) is 4. The SMILES string of the molecule is CC(=O)c1ccc(Oc2ccc3c(c2)CCC(=O)N3)nc1. The third-order valence-corrected chi connectivity index (χ3v) is 3.34. The van der Waals surface area contributed by atoms with Crippen molar-refractivity contribution in [3.05, 3.63) is 47.7 Å². The summed E-state index contributed by atoms with van der Waals surface area (Å²) in [6.45, 7) is 1.50. The van der Waals surface area contributed by atoms with E-state index in [4.69, 9.17) is 4.74 Å². The molecule has 0 aliphatic carbocycles. The third kappa shape index (κ3) is 2.91. The topological polar surface area (TPSA) is 68.3 Å². The molecule has 0 radical (unpaired) electrons. The molecule has 1 aromatic carbocycles. The van der Waals surface area contributed by atoms with Crippen LogP contribution in [0.3, 0.4) is 0 Å². The molecule has 0 atom stereocenters. The summed E-state index contributed by atoms with van der Waals surface area (Å²) in [5.74, 6) is 1.10. The number of aryl methyl sites for hydroxylation is 1. The summed E-state index contributed by atoms with van der Waals surface area (Å²) >= 11 is 0. The smallest absolute Gasteiger partial charge is 0.224 e. The summed E-state index contributed by atoms with van der Waals surface area (Å²) in [5, 5.41) is 2.82. The second kappa shape index (κ2) is 5.36. The van der Waals surface area contributed by atoms with Gasteiger partial charge in [0.15, 0.2) is 5.78 Å². The van der Waals surface area contributed by atoms with Crippen molar-refractivity contribution in [3.63, 3.8) is 0 Å². The van der Waals surface area contributed by atoms with Crippen molar-refractivity contribution >= 4 is 17.4 Å². The Morgan fingerprint density at radius 1 is 1.24 bits per heavy atom. The summed E-state index contributed by atoms with van der Waals surface area (Å²) in [7, 11) is 0. The molecule has 0 saturated carbocycles. The number of anilines is 1. The summed E-state index contributed by atoms with van der Waals surface area (Å²) in [4.78, 5) is 26.6. The summed E-state index contributed by atoms with van der Waals surface area (Å²) < 4.78 is 5.67. The average Bonchev–Trinajstić information content (AvgIpc) is 2.48. The van der Waals surface area contributed by atoms with Gasteiger partial charge in [-0.25, -0.2) is 4.98 Å². The Labute approximate surface area is 122 Å². The lowest BCUT2D eigenvalue weighted by Gasteiger charge is -2.17. The molecular formula is C16H14N2O3. The quantitative estimate of drug-likeness (QED) is 0.879. The van der Waals surface area contributed by atoms with E-state index >= 15 is 0 Å². The summed E-state index contributed by atoms with van der Waals surface area (Å²) in [5.41, 5.74) is 2.43. The number of amides is 1. The van der Waals surface area contributed by atoms with Gasteiger partial charge in [0.25, 0.3) is 0 Å². The van der Waals surface area contributed by atoms with E-state index in [2.05, 4.69) is 10.3 Å². The number of pyridine rings is 1. The maximum absolute atomic E-state index is 11.3. The Bertz CT molecular complexity index is 708. The molecule has 0 saturated heterocycles. The maximum Gasteiger partial charge on any atom is 0.224 e. The molecule has 1 amide bonds. The van der Waals surface area contributed by atoms with Gasteiger partial charge in [0.2, 0.25) is 11.8 Å². The van der Waals surface area contributed by atoms with Crippen molar-refractivity contribution in [2.75, 3.05) is 5.32 Å². The van der Waals surface area contributed by atoms with Gasteiger partial charge in [-0.3, -0.25) is 9.59 Å². The number of carbonyl (C=O) groups is 2. The molecule has 5 heteroatoms. The Morgan fingerprint density at radius 2 is 2.10 bits per heavy atom. The number of aromatic nitrogens is 1. The van der Waals surface area contributed by atoms with Gasteiger partial charge < -0.3 is 10.1 Å². The fourth-order valence-corrected chi connectivity index (χ4v) is 2.19. The summed E-state index contributed by atoms with van der Waals surface area (Å²) in [6.07, 6.45) is 2.69. The molecule has 3 rings (SSSR count). The van der Waals surface area contributed by atoms with Gasteiger partial charge >= 0.3 is 0 Å². The zero-order valence-corrected chi connectivity index (χ0v) is 11.6. The number of nitrogens with zero attached hydrogens (tertiary/aromatic N) is 1. The van der Waals surface area contributed by atoms with Gasteiger partial charge in [-0.1, -0.05) is 0 Å². The van der Waals surface area contributed by atoms with E-state index < -0.39 is 0 Å². The first-order chi connectivity index (χ1) is 10.1. The standard InChI is InChI=1S/C16H14N2O3/c1-10(19)12-3-7-16(17-9-12)21-13-4-5-14-11(8-13)2-6-15(20)18-14/h3-5,7-9H,2,6H2,1H3,(H,18,20). The van der Waals surface area contributed by atoms with Gasteiger partial charge in [-0.05, 0) is 43.2 Å². The zero-order valence-electron chi connectivity index (χ0n) is 11.6. The van der Waals surface area contributed by atoms with Crippen LogP contribution in [0, 0.1) is 0 Å². The highest BCUT2D eigenvalue weighted by Gasteiger charge is 2.15. The normalized spacial score (nSPS) is 13.3. The minimum atomic E-state index is -0.0291. The molecule has 2 heterocycles. The van der Waals surface area contributed by atoms with E-state index in [0.29, 0.717) is 30.0 Å². The fourth-order valence-electron chi connectivity index (χ4n) is 2.19. The molecule has 1 N–H and O–H groups in total. The highest BCUT2D eigenvalue weighted by molar-refractivity contribution is 5.94. The van der Waals surface area contributed by atoms with Crippen LogP contribution in [-0.4, -0.2) is 16.7 Å². The molecule has 0 fully saturated rings. The Balaban J connectivity index is 1.79. The number of rotatable bonds is 3.